The highest BCUT2D eigenvalue weighted by Gasteiger charge is 2.19. The number of nitrogens with one attached hydrogen (secondary N) is 2. The van der Waals surface area contributed by atoms with Gasteiger partial charge in [-0.25, -0.2) is 4.98 Å². The van der Waals surface area contributed by atoms with Crippen LogP contribution >= 0.6 is 12.2 Å². The van der Waals surface area contributed by atoms with Crippen molar-refractivity contribution in [2.45, 2.75) is 41.0 Å². The quantitative estimate of drug-likeness (QED) is 0.264. The van der Waals surface area contributed by atoms with Gasteiger partial charge >= 0.3 is 0 Å². The molecule has 6 nitrogen and oxygen atoms in total. The van der Waals surface area contributed by atoms with Crippen molar-refractivity contribution in [3.8, 4) is 5.75 Å². The summed E-state index contributed by atoms with van der Waals surface area (Å²) in [7, 11) is 0. The number of hydrogen-bond acceptors (Lipinski definition) is 5. The SMILES string of the molecule is C=C/C(=C\C=C(C)C)NCCN(CC)C(=S)N/N=C1/CCOc2ccc(F)nc21.CC. The number of aromatic nitrogens is 1. The van der Waals surface area contributed by atoms with E-state index in [4.69, 9.17) is 17.0 Å². The molecule has 0 atom stereocenters. The molecule has 0 aliphatic carbocycles. The molecule has 2 heterocycles. The van der Waals surface area contributed by atoms with Crippen LogP contribution in [0.2, 0.25) is 0 Å². The molecule has 8 heteroatoms. The summed E-state index contributed by atoms with van der Waals surface area (Å²) in [5.41, 5.74) is 6.12. The van der Waals surface area contributed by atoms with Crippen molar-refractivity contribution in [3.05, 3.63) is 59.9 Å². The van der Waals surface area contributed by atoms with Crippen LogP contribution in [0.25, 0.3) is 0 Å². The standard InChI is InChI=1S/C21H28FN5OS.C2H6/c1-5-16(8-7-15(3)4)23-12-13-27(6-2)21(29)26-25-17-11-14-28-18-9-10-19(22)24-20(17)18;1-2/h5,7-10,23H,1,6,11-14H2,2-4H3,(H,26,29);1-2H3/b16-8+,25-17-;. The molecule has 1 aliphatic heterocycles. The highest BCUT2D eigenvalue weighted by Crippen LogP contribution is 2.23. The number of fused-ring (bicyclic) bond motifs is 1. The van der Waals surface area contributed by atoms with Crippen LogP contribution in [-0.4, -0.2) is 46.9 Å². The maximum atomic E-state index is 13.5. The molecular weight excluding hydrogens is 413 g/mol. The smallest absolute Gasteiger partial charge is 0.213 e. The second-order valence-corrected chi connectivity index (χ2v) is 7.02. The minimum atomic E-state index is -0.565. The maximum Gasteiger partial charge on any atom is 0.213 e. The zero-order valence-electron chi connectivity index (χ0n) is 19.2. The molecule has 2 N–H and O–H groups in total. The maximum absolute atomic E-state index is 13.5. The van der Waals surface area contributed by atoms with Crippen molar-refractivity contribution in [2.24, 2.45) is 5.10 Å². The van der Waals surface area contributed by atoms with E-state index in [1.165, 1.54) is 11.6 Å². The van der Waals surface area contributed by atoms with Gasteiger partial charge in [0.2, 0.25) is 5.95 Å². The van der Waals surface area contributed by atoms with Gasteiger partial charge in [0.1, 0.15) is 11.4 Å². The zero-order chi connectivity index (χ0) is 23.2. The van der Waals surface area contributed by atoms with Gasteiger partial charge in [-0.1, -0.05) is 32.1 Å². The van der Waals surface area contributed by atoms with Crippen LogP contribution in [0.1, 0.15) is 46.7 Å². The lowest BCUT2D eigenvalue weighted by Gasteiger charge is -2.24. The molecular formula is C23H34FN5OS. The Hall–Kier alpha value is -2.74. The van der Waals surface area contributed by atoms with E-state index in [9.17, 15) is 4.39 Å². The first-order valence-electron chi connectivity index (χ1n) is 10.6. The van der Waals surface area contributed by atoms with Crippen LogP contribution < -0.4 is 15.5 Å². The molecule has 2 rings (SSSR count). The molecule has 0 bridgehead atoms. The highest BCUT2D eigenvalue weighted by molar-refractivity contribution is 7.80. The van der Waals surface area contributed by atoms with E-state index in [1.807, 2.05) is 51.7 Å². The van der Waals surface area contributed by atoms with Crippen LogP contribution in [0, 0.1) is 5.95 Å². The summed E-state index contributed by atoms with van der Waals surface area (Å²) in [4.78, 5) is 5.89. The van der Waals surface area contributed by atoms with Gasteiger partial charge in [0, 0.05) is 31.8 Å². The number of allylic oxidation sites excluding steroid dienone is 4. The Balaban J connectivity index is 0.00000233. The molecule has 0 aromatic carbocycles. The first kappa shape index (κ1) is 26.3. The van der Waals surface area contributed by atoms with E-state index in [-0.39, 0.29) is 0 Å². The number of rotatable bonds is 8. The van der Waals surface area contributed by atoms with Crippen molar-refractivity contribution < 1.29 is 9.13 Å². The molecule has 0 fully saturated rings. The topological polar surface area (TPSA) is 61.8 Å². The molecule has 1 aromatic heterocycles. The number of likely N-dealkylation sites (N-methyl/N-ethyl adjacent to an activating group) is 1. The van der Waals surface area contributed by atoms with E-state index in [0.29, 0.717) is 48.4 Å². The minimum absolute atomic E-state index is 0.413. The Morgan fingerprint density at radius 2 is 2.10 bits per heavy atom. The number of ether oxygens (including phenoxy) is 1. The van der Waals surface area contributed by atoms with Gasteiger partial charge in [0.25, 0.3) is 0 Å². The Labute approximate surface area is 191 Å². The molecule has 0 spiro atoms. The first-order chi connectivity index (χ1) is 14.9. The van der Waals surface area contributed by atoms with Crippen LogP contribution in [0.15, 0.2) is 53.3 Å². The number of nitrogens with zero attached hydrogens (tertiary/aromatic N) is 3. The van der Waals surface area contributed by atoms with Crippen LogP contribution in [0.4, 0.5) is 4.39 Å². The predicted octanol–water partition coefficient (Wildman–Crippen LogP) is 4.56. The summed E-state index contributed by atoms with van der Waals surface area (Å²) < 4.78 is 19.0. The number of pyridine rings is 1. The zero-order valence-corrected chi connectivity index (χ0v) is 20.0. The predicted molar refractivity (Wildman–Crippen MR) is 131 cm³/mol. The molecule has 1 aromatic rings. The van der Waals surface area contributed by atoms with Gasteiger partial charge in [0.05, 0.1) is 12.3 Å². The van der Waals surface area contributed by atoms with E-state index in [1.54, 1.807) is 12.1 Å². The van der Waals surface area contributed by atoms with E-state index in [0.717, 1.165) is 12.2 Å². The fourth-order valence-electron chi connectivity index (χ4n) is 2.61. The molecule has 170 valence electrons. The van der Waals surface area contributed by atoms with Crippen molar-refractivity contribution in [1.82, 2.24) is 20.6 Å². The second-order valence-electron chi connectivity index (χ2n) is 6.63. The second kappa shape index (κ2) is 14.3. The summed E-state index contributed by atoms with van der Waals surface area (Å²) in [5.74, 6) is -0.0363. The average molecular weight is 448 g/mol. The van der Waals surface area contributed by atoms with Gasteiger partial charge in [-0.3, -0.25) is 5.43 Å². The van der Waals surface area contributed by atoms with E-state index in [2.05, 4.69) is 27.4 Å². The molecule has 31 heavy (non-hydrogen) atoms. The summed E-state index contributed by atoms with van der Waals surface area (Å²) in [6, 6.07) is 2.84. The Bertz CT molecular complexity index is 831. The van der Waals surface area contributed by atoms with Gasteiger partial charge in [-0.2, -0.15) is 9.49 Å². The number of halogens is 1. The van der Waals surface area contributed by atoms with E-state index >= 15 is 0 Å². The fraction of sp³-hybridized carbons (Fsp3) is 0.435. The van der Waals surface area contributed by atoms with Crippen LogP contribution in [-0.2, 0) is 0 Å². The van der Waals surface area contributed by atoms with Crippen molar-refractivity contribution in [3.63, 3.8) is 0 Å². The fourth-order valence-corrected chi connectivity index (χ4v) is 2.88. The third-order valence-corrected chi connectivity index (χ3v) is 4.53. The summed E-state index contributed by atoms with van der Waals surface area (Å²) in [5, 5.41) is 8.20. The average Bonchev–Trinajstić information content (AvgIpc) is 2.78. The van der Waals surface area contributed by atoms with Gasteiger partial charge in [0.15, 0.2) is 5.11 Å². The lowest BCUT2D eigenvalue weighted by atomic mass is 10.1. The lowest BCUT2D eigenvalue weighted by molar-refractivity contribution is 0.316. The number of hydrogen-bond donors (Lipinski definition) is 2. The van der Waals surface area contributed by atoms with Crippen molar-refractivity contribution >= 4 is 23.0 Å². The summed E-state index contributed by atoms with van der Waals surface area (Å²) >= 11 is 5.47. The third-order valence-electron chi connectivity index (χ3n) is 4.18. The van der Waals surface area contributed by atoms with Gasteiger partial charge < -0.3 is 15.0 Å². The normalized spacial score (nSPS) is 13.7. The summed E-state index contributed by atoms with van der Waals surface area (Å²) in [6.07, 6.45) is 6.35. The van der Waals surface area contributed by atoms with E-state index < -0.39 is 5.95 Å². The molecule has 0 saturated heterocycles. The molecule has 0 amide bonds. The number of hydrazone groups is 1. The minimum Gasteiger partial charge on any atom is -0.491 e. The Kier molecular flexibility index (Phi) is 12.1. The highest BCUT2D eigenvalue weighted by atomic mass is 32.1. The monoisotopic (exact) mass is 447 g/mol. The Morgan fingerprint density at radius 3 is 2.74 bits per heavy atom. The van der Waals surface area contributed by atoms with Crippen molar-refractivity contribution in [1.29, 1.82) is 0 Å². The lowest BCUT2D eigenvalue weighted by Crippen LogP contribution is -2.41. The van der Waals surface area contributed by atoms with Crippen molar-refractivity contribution in [2.75, 3.05) is 26.2 Å². The van der Waals surface area contributed by atoms with Crippen LogP contribution in [0.3, 0.4) is 0 Å². The van der Waals surface area contributed by atoms with Crippen LogP contribution in [0.5, 0.6) is 5.75 Å². The summed E-state index contributed by atoms with van der Waals surface area (Å²) in [6.45, 7) is 16.5. The number of thiocarbonyl (C=S) groups is 1. The van der Waals surface area contributed by atoms with Gasteiger partial charge in [-0.15, -0.1) is 0 Å². The Morgan fingerprint density at radius 1 is 1.35 bits per heavy atom. The molecule has 1 aliphatic rings. The third kappa shape index (κ3) is 8.88. The largest absolute Gasteiger partial charge is 0.491 e. The molecule has 0 saturated carbocycles. The molecule has 0 unspecified atom stereocenters. The van der Waals surface area contributed by atoms with Gasteiger partial charge in [-0.05, 0) is 57.3 Å². The first-order valence-corrected chi connectivity index (χ1v) is 11.0. The molecule has 0 radical (unpaired) electrons.